The third-order valence-corrected chi connectivity index (χ3v) is 2.41. The van der Waals surface area contributed by atoms with Crippen molar-refractivity contribution < 1.29 is 19.8 Å². The summed E-state index contributed by atoms with van der Waals surface area (Å²) < 4.78 is 0. The van der Waals surface area contributed by atoms with Crippen LogP contribution in [0.5, 0.6) is 0 Å². The fourth-order valence-electron chi connectivity index (χ4n) is 1.40. The predicted molar refractivity (Wildman–Crippen MR) is 56.9 cm³/mol. The largest absolute Gasteiger partial charge is 0.481 e. The lowest BCUT2D eigenvalue weighted by Gasteiger charge is -2.26. The van der Waals surface area contributed by atoms with Crippen LogP contribution < -0.4 is 0 Å². The third kappa shape index (κ3) is 4.62. The zero-order chi connectivity index (χ0) is 12.2. The highest BCUT2D eigenvalue weighted by molar-refractivity contribution is 6.18. The minimum atomic E-state index is -1.16. The van der Waals surface area contributed by atoms with Crippen LogP contribution in [0.25, 0.3) is 0 Å². The van der Waals surface area contributed by atoms with Gasteiger partial charge in [-0.1, -0.05) is 20.8 Å². The Bertz CT molecular complexity index is 244. The Morgan fingerprint density at radius 1 is 1.33 bits per heavy atom. The molecule has 0 radical (unpaired) electrons. The van der Waals surface area contributed by atoms with Crippen molar-refractivity contribution >= 4 is 23.4 Å². The number of aliphatic hydroxyl groups excluding tert-OH is 1. The Labute approximate surface area is 94.2 Å². The number of Topliss-reactive ketones (excluding diaryl/α,β-unsaturated/α-hetero) is 1. The van der Waals surface area contributed by atoms with E-state index in [0.717, 1.165) is 0 Å². The molecule has 0 saturated carbocycles. The summed E-state index contributed by atoms with van der Waals surface area (Å²) in [5.74, 6) is -2.81. The van der Waals surface area contributed by atoms with Gasteiger partial charge in [0, 0.05) is 12.3 Å². The van der Waals surface area contributed by atoms with Crippen molar-refractivity contribution in [2.45, 2.75) is 33.3 Å². The summed E-state index contributed by atoms with van der Waals surface area (Å²) in [6.07, 6.45) is -1.18. The standard InChI is InChI=1S/C10H17ClO4/c1-10(2,3)8(9(14)15)7(13)4-6(12)5-11/h6,8,12H,4-5H2,1-3H3,(H,14,15)/t6-,8?/m0/s1. The van der Waals surface area contributed by atoms with E-state index in [1.165, 1.54) is 0 Å². The second-order valence-electron chi connectivity index (χ2n) is 4.62. The maximum atomic E-state index is 11.6. The van der Waals surface area contributed by atoms with E-state index in [9.17, 15) is 14.7 Å². The molecule has 2 N–H and O–H groups in total. The smallest absolute Gasteiger partial charge is 0.314 e. The van der Waals surface area contributed by atoms with E-state index in [1.54, 1.807) is 20.8 Å². The molecule has 5 heteroatoms. The van der Waals surface area contributed by atoms with Crippen LogP contribution in [-0.4, -0.2) is 33.9 Å². The lowest BCUT2D eigenvalue weighted by molar-refractivity contribution is -0.151. The van der Waals surface area contributed by atoms with Crippen molar-refractivity contribution in [2.75, 3.05) is 5.88 Å². The predicted octanol–water partition coefficient (Wildman–Crippen LogP) is 1.29. The minimum Gasteiger partial charge on any atom is -0.481 e. The van der Waals surface area contributed by atoms with Gasteiger partial charge < -0.3 is 10.2 Å². The summed E-state index contributed by atoms with van der Waals surface area (Å²) in [6, 6.07) is 0. The molecule has 0 aromatic heterocycles. The van der Waals surface area contributed by atoms with Crippen molar-refractivity contribution in [3.63, 3.8) is 0 Å². The van der Waals surface area contributed by atoms with Crippen LogP contribution in [0.2, 0.25) is 0 Å². The molecule has 0 spiro atoms. The fourth-order valence-corrected chi connectivity index (χ4v) is 1.50. The van der Waals surface area contributed by atoms with Crippen LogP contribution in [0.3, 0.4) is 0 Å². The average molecular weight is 237 g/mol. The summed E-state index contributed by atoms with van der Waals surface area (Å²) in [4.78, 5) is 22.5. The molecule has 0 saturated heterocycles. The number of ketones is 1. The van der Waals surface area contributed by atoms with Gasteiger partial charge in [-0.2, -0.15) is 0 Å². The molecule has 2 atom stereocenters. The molecule has 0 aromatic carbocycles. The van der Waals surface area contributed by atoms with Gasteiger partial charge in [-0.3, -0.25) is 9.59 Å². The number of aliphatic carboxylic acids is 1. The van der Waals surface area contributed by atoms with Gasteiger partial charge in [0.1, 0.15) is 11.7 Å². The Kier molecular flexibility index (Phi) is 5.24. The van der Waals surface area contributed by atoms with Gasteiger partial charge in [0.05, 0.1) is 6.10 Å². The SMILES string of the molecule is CC(C)(C)C(C(=O)O)C(=O)C[C@H](O)CCl. The van der Waals surface area contributed by atoms with E-state index < -0.39 is 29.2 Å². The van der Waals surface area contributed by atoms with E-state index in [0.29, 0.717) is 0 Å². The van der Waals surface area contributed by atoms with Crippen molar-refractivity contribution in [3.05, 3.63) is 0 Å². The molecule has 88 valence electrons. The van der Waals surface area contributed by atoms with E-state index in [4.69, 9.17) is 16.7 Å². The fraction of sp³-hybridized carbons (Fsp3) is 0.800. The zero-order valence-corrected chi connectivity index (χ0v) is 9.91. The molecular formula is C10H17ClO4. The van der Waals surface area contributed by atoms with Crippen molar-refractivity contribution in [3.8, 4) is 0 Å². The normalized spacial score (nSPS) is 15.8. The molecule has 15 heavy (non-hydrogen) atoms. The molecule has 0 heterocycles. The number of halogens is 1. The number of alkyl halides is 1. The molecule has 0 aliphatic rings. The second-order valence-corrected chi connectivity index (χ2v) is 4.92. The first kappa shape index (κ1) is 14.4. The summed E-state index contributed by atoms with van der Waals surface area (Å²) in [5.41, 5.74) is -0.658. The van der Waals surface area contributed by atoms with Gasteiger partial charge >= 0.3 is 5.97 Å². The number of hydrogen-bond donors (Lipinski definition) is 2. The molecule has 0 bridgehead atoms. The first-order valence-electron chi connectivity index (χ1n) is 4.69. The summed E-state index contributed by atoms with van der Waals surface area (Å²) >= 11 is 5.34. The van der Waals surface area contributed by atoms with Gasteiger partial charge in [0.2, 0.25) is 0 Å². The topological polar surface area (TPSA) is 74.6 Å². The monoisotopic (exact) mass is 236 g/mol. The second kappa shape index (κ2) is 5.47. The Balaban J connectivity index is 4.66. The molecule has 0 aliphatic carbocycles. The van der Waals surface area contributed by atoms with Gasteiger partial charge in [0.15, 0.2) is 0 Å². The lowest BCUT2D eigenvalue weighted by atomic mass is 9.77. The number of carbonyl (C=O) groups excluding carboxylic acids is 1. The average Bonchev–Trinajstić information content (AvgIpc) is 1.99. The van der Waals surface area contributed by atoms with Crippen LogP contribution in [0, 0.1) is 11.3 Å². The van der Waals surface area contributed by atoms with Crippen LogP contribution in [0.15, 0.2) is 0 Å². The highest BCUT2D eigenvalue weighted by atomic mass is 35.5. The number of hydrogen-bond acceptors (Lipinski definition) is 3. The Morgan fingerprint density at radius 3 is 2.07 bits per heavy atom. The molecule has 0 aliphatic heterocycles. The van der Waals surface area contributed by atoms with Crippen LogP contribution >= 0.6 is 11.6 Å². The first-order chi connectivity index (χ1) is 6.70. The van der Waals surface area contributed by atoms with E-state index >= 15 is 0 Å². The highest BCUT2D eigenvalue weighted by Gasteiger charge is 2.37. The van der Waals surface area contributed by atoms with Crippen molar-refractivity contribution in [1.82, 2.24) is 0 Å². The third-order valence-electron chi connectivity index (χ3n) is 2.05. The van der Waals surface area contributed by atoms with Gasteiger partial charge in [0.25, 0.3) is 0 Å². The van der Waals surface area contributed by atoms with E-state index in [1.807, 2.05) is 0 Å². The maximum Gasteiger partial charge on any atom is 0.314 e. The van der Waals surface area contributed by atoms with E-state index in [-0.39, 0.29) is 12.3 Å². The molecule has 0 rings (SSSR count). The quantitative estimate of drug-likeness (QED) is 0.557. The molecule has 4 nitrogen and oxygen atoms in total. The van der Waals surface area contributed by atoms with Crippen molar-refractivity contribution in [1.29, 1.82) is 0 Å². The maximum absolute atomic E-state index is 11.6. The van der Waals surface area contributed by atoms with Crippen LogP contribution in [0.4, 0.5) is 0 Å². The van der Waals surface area contributed by atoms with Gasteiger partial charge in [-0.25, -0.2) is 0 Å². The van der Waals surface area contributed by atoms with Gasteiger partial charge in [-0.15, -0.1) is 11.6 Å². The summed E-state index contributed by atoms with van der Waals surface area (Å²) in [6.45, 7) is 5.03. The minimum absolute atomic E-state index is 0.0672. The number of aliphatic hydroxyl groups is 1. The Hall–Kier alpha value is -0.610. The van der Waals surface area contributed by atoms with Crippen LogP contribution in [0.1, 0.15) is 27.2 Å². The van der Waals surface area contributed by atoms with E-state index in [2.05, 4.69) is 0 Å². The number of rotatable bonds is 5. The zero-order valence-electron chi connectivity index (χ0n) is 9.16. The number of carbonyl (C=O) groups is 2. The highest BCUT2D eigenvalue weighted by Crippen LogP contribution is 2.28. The molecule has 0 fully saturated rings. The number of carboxylic acids is 1. The number of carboxylic acid groups (broad SMARTS) is 1. The van der Waals surface area contributed by atoms with Crippen LogP contribution in [-0.2, 0) is 9.59 Å². The molecule has 1 unspecified atom stereocenters. The molecule has 0 aromatic rings. The summed E-state index contributed by atoms with van der Waals surface area (Å²) in [7, 11) is 0. The summed E-state index contributed by atoms with van der Waals surface area (Å²) in [5, 5.41) is 18.1. The lowest BCUT2D eigenvalue weighted by Crippen LogP contribution is -2.37. The Morgan fingerprint density at radius 2 is 1.80 bits per heavy atom. The van der Waals surface area contributed by atoms with Crippen molar-refractivity contribution in [2.24, 2.45) is 11.3 Å². The molecule has 0 amide bonds. The van der Waals surface area contributed by atoms with Gasteiger partial charge in [-0.05, 0) is 5.41 Å². The molecular weight excluding hydrogens is 220 g/mol. The first-order valence-corrected chi connectivity index (χ1v) is 5.23.